The molecule has 1 aliphatic heterocycles. The average Bonchev–Trinajstić information content (AvgIpc) is 2.10. The molecule has 0 aliphatic carbocycles. The van der Waals surface area contributed by atoms with Gasteiger partial charge in [0, 0.05) is 5.25 Å². The molecule has 1 rings (SSSR count). The fraction of sp³-hybridized carbons (Fsp3) is 1.00. The van der Waals surface area contributed by atoms with E-state index in [-0.39, 0.29) is 0 Å². The molecule has 1 nitrogen and oxygen atoms in total. The zero-order valence-electron chi connectivity index (χ0n) is 7.31. The van der Waals surface area contributed by atoms with Gasteiger partial charge in [0.05, 0.1) is 0 Å². The summed E-state index contributed by atoms with van der Waals surface area (Å²) in [6.45, 7) is 6.46. The van der Waals surface area contributed by atoms with Crippen molar-refractivity contribution in [1.82, 2.24) is 5.32 Å². The zero-order valence-corrected chi connectivity index (χ0v) is 8.13. The van der Waals surface area contributed by atoms with Crippen molar-refractivity contribution in [2.24, 2.45) is 0 Å². The highest BCUT2D eigenvalue weighted by Crippen LogP contribution is 2.15. The van der Waals surface area contributed by atoms with Crippen molar-refractivity contribution in [1.29, 1.82) is 0 Å². The van der Waals surface area contributed by atoms with Gasteiger partial charge in [-0.25, -0.2) is 0 Å². The normalized spacial score (nSPS) is 19.5. The van der Waals surface area contributed by atoms with E-state index in [4.69, 9.17) is 0 Å². The molecule has 0 radical (unpaired) electrons. The van der Waals surface area contributed by atoms with Crippen LogP contribution in [0.25, 0.3) is 0 Å². The Balaban J connectivity index is 0.000000371. The molecule has 1 fully saturated rings. The lowest BCUT2D eigenvalue weighted by Gasteiger charge is -2.19. The van der Waals surface area contributed by atoms with Gasteiger partial charge in [-0.2, -0.15) is 11.8 Å². The van der Waals surface area contributed by atoms with Crippen LogP contribution < -0.4 is 5.32 Å². The molecule has 62 valence electrons. The van der Waals surface area contributed by atoms with Crippen LogP contribution in [0, 0.1) is 0 Å². The smallest absolute Gasteiger partial charge is 0.00684 e. The quantitative estimate of drug-likeness (QED) is 0.632. The zero-order chi connectivity index (χ0) is 7.82. The van der Waals surface area contributed by atoms with Gasteiger partial charge in [-0.05, 0) is 32.2 Å². The molecule has 1 aliphatic rings. The fourth-order valence-electron chi connectivity index (χ4n) is 1.03. The average molecular weight is 161 g/mol. The first-order chi connectivity index (χ1) is 4.93. The predicted octanol–water partition coefficient (Wildman–Crippen LogP) is 2.13. The summed E-state index contributed by atoms with van der Waals surface area (Å²) in [7, 11) is 0. The summed E-state index contributed by atoms with van der Waals surface area (Å²) in [6.07, 6.45) is 4.93. The van der Waals surface area contributed by atoms with Gasteiger partial charge >= 0.3 is 0 Å². The summed E-state index contributed by atoms with van der Waals surface area (Å²) in [6, 6.07) is 0. The molecule has 1 saturated heterocycles. The monoisotopic (exact) mass is 161 g/mol. The van der Waals surface area contributed by atoms with Crippen molar-refractivity contribution in [3.8, 4) is 0 Å². The highest BCUT2D eigenvalue weighted by molar-refractivity contribution is 7.99. The number of hydrogen-bond acceptors (Lipinski definition) is 2. The second-order valence-electron chi connectivity index (χ2n) is 2.19. The molecule has 0 aromatic rings. The minimum atomic E-state index is 0.941. The Labute approximate surface area is 69.0 Å². The third-order valence-corrected chi connectivity index (χ3v) is 2.76. The first-order valence-electron chi connectivity index (χ1n) is 4.17. The van der Waals surface area contributed by atoms with Gasteiger partial charge < -0.3 is 5.32 Å². The van der Waals surface area contributed by atoms with E-state index >= 15 is 0 Å². The van der Waals surface area contributed by atoms with Crippen molar-refractivity contribution >= 4 is 11.8 Å². The SMILES string of the molecule is CC.CSC1CCNCC1. The molecule has 0 saturated carbocycles. The van der Waals surface area contributed by atoms with Crippen molar-refractivity contribution < 1.29 is 0 Å². The maximum absolute atomic E-state index is 3.34. The van der Waals surface area contributed by atoms with Crippen LogP contribution in [0.4, 0.5) is 0 Å². The summed E-state index contributed by atoms with van der Waals surface area (Å²) < 4.78 is 0. The summed E-state index contributed by atoms with van der Waals surface area (Å²) >= 11 is 2.01. The van der Waals surface area contributed by atoms with E-state index in [2.05, 4.69) is 11.6 Å². The first-order valence-corrected chi connectivity index (χ1v) is 5.46. The molecule has 1 heterocycles. The van der Waals surface area contributed by atoms with Crippen LogP contribution in [0.3, 0.4) is 0 Å². The molecule has 0 aromatic heterocycles. The van der Waals surface area contributed by atoms with E-state index in [1.807, 2.05) is 25.6 Å². The minimum Gasteiger partial charge on any atom is -0.317 e. The van der Waals surface area contributed by atoms with Crippen LogP contribution in [-0.2, 0) is 0 Å². The standard InChI is InChI=1S/C6H13NS.C2H6/c1-8-6-2-4-7-5-3-6;1-2/h6-7H,2-5H2,1H3;1-2H3. The molecular weight excluding hydrogens is 142 g/mol. The lowest BCUT2D eigenvalue weighted by molar-refractivity contribution is 0.532. The Morgan fingerprint density at radius 2 is 1.70 bits per heavy atom. The molecule has 0 amide bonds. The number of rotatable bonds is 1. The van der Waals surface area contributed by atoms with E-state index in [0.29, 0.717) is 0 Å². The van der Waals surface area contributed by atoms with Crippen molar-refractivity contribution in [2.75, 3.05) is 19.3 Å². The molecule has 10 heavy (non-hydrogen) atoms. The van der Waals surface area contributed by atoms with Crippen molar-refractivity contribution in [3.63, 3.8) is 0 Å². The van der Waals surface area contributed by atoms with Crippen LogP contribution in [0.15, 0.2) is 0 Å². The third-order valence-electron chi connectivity index (χ3n) is 1.62. The van der Waals surface area contributed by atoms with Gasteiger partial charge in [-0.3, -0.25) is 0 Å². The number of piperidine rings is 1. The van der Waals surface area contributed by atoms with Gasteiger partial charge in [-0.1, -0.05) is 13.8 Å². The van der Waals surface area contributed by atoms with Crippen molar-refractivity contribution in [2.45, 2.75) is 31.9 Å². The summed E-state index contributed by atoms with van der Waals surface area (Å²) in [5.41, 5.74) is 0. The van der Waals surface area contributed by atoms with Gasteiger partial charge in [0.2, 0.25) is 0 Å². The lowest BCUT2D eigenvalue weighted by Crippen LogP contribution is -2.28. The summed E-state index contributed by atoms with van der Waals surface area (Å²) in [4.78, 5) is 0. The number of nitrogens with one attached hydrogen (secondary N) is 1. The molecule has 0 unspecified atom stereocenters. The Morgan fingerprint density at radius 3 is 2.00 bits per heavy atom. The molecule has 0 atom stereocenters. The molecule has 0 aromatic carbocycles. The first kappa shape index (κ1) is 10.3. The van der Waals surface area contributed by atoms with Crippen LogP contribution >= 0.6 is 11.8 Å². The van der Waals surface area contributed by atoms with E-state index in [1.165, 1.54) is 25.9 Å². The number of hydrogen-bond donors (Lipinski definition) is 1. The second-order valence-corrected chi connectivity index (χ2v) is 3.32. The van der Waals surface area contributed by atoms with E-state index in [9.17, 15) is 0 Å². The molecule has 0 bridgehead atoms. The largest absolute Gasteiger partial charge is 0.317 e. The highest BCUT2D eigenvalue weighted by atomic mass is 32.2. The lowest BCUT2D eigenvalue weighted by atomic mass is 10.2. The van der Waals surface area contributed by atoms with Crippen LogP contribution in [0.2, 0.25) is 0 Å². The predicted molar refractivity (Wildman–Crippen MR) is 50.8 cm³/mol. The van der Waals surface area contributed by atoms with Crippen LogP contribution in [-0.4, -0.2) is 24.6 Å². The molecule has 2 heteroatoms. The number of thioether (sulfide) groups is 1. The van der Waals surface area contributed by atoms with Crippen molar-refractivity contribution in [3.05, 3.63) is 0 Å². The molecule has 0 spiro atoms. The minimum absolute atomic E-state index is 0.941. The third kappa shape index (κ3) is 4.18. The van der Waals surface area contributed by atoms with Gasteiger partial charge in [0.25, 0.3) is 0 Å². The highest BCUT2D eigenvalue weighted by Gasteiger charge is 2.09. The van der Waals surface area contributed by atoms with Crippen LogP contribution in [0.1, 0.15) is 26.7 Å². The summed E-state index contributed by atoms with van der Waals surface area (Å²) in [5.74, 6) is 0. The molecule has 1 N–H and O–H groups in total. The fourth-order valence-corrected chi connectivity index (χ4v) is 1.74. The summed E-state index contributed by atoms with van der Waals surface area (Å²) in [5, 5.41) is 4.28. The van der Waals surface area contributed by atoms with Gasteiger partial charge in [0.15, 0.2) is 0 Å². The Kier molecular flexibility index (Phi) is 7.65. The maximum Gasteiger partial charge on any atom is 0.00684 e. The van der Waals surface area contributed by atoms with Crippen LogP contribution in [0.5, 0.6) is 0 Å². The maximum atomic E-state index is 3.34. The van der Waals surface area contributed by atoms with Gasteiger partial charge in [-0.15, -0.1) is 0 Å². The van der Waals surface area contributed by atoms with E-state index in [0.717, 1.165) is 5.25 Å². The Hall–Kier alpha value is 0.310. The van der Waals surface area contributed by atoms with E-state index in [1.54, 1.807) is 0 Å². The Morgan fingerprint density at radius 1 is 1.20 bits per heavy atom. The topological polar surface area (TPSA) is 12.0 Å². The second kappa shape index (κ2) is 7.42. The van der Waals surface area contributed by atoms with E-state index < -0.39 is 0 Å². The van der Waals surface area contributed by atoms with Gasteiger partial charge in [0.1, 0.15) is 0 Å². The molecular formula is C8H19NS. The Bertz CT molecular complexity index is 60.3.